The molecule has 0 bridgehead atoms. The molecule has 2 atom stereocenters. The number of hydrogen-bond acceptors (Lipinski definition) is 3. The van der Waals surface area contributed by atoms with E-state index in [0.717, 1.165) is 5.75 Å². The number of ether oxygens (including phenoxy) is 1. The molecule has 5 heteroatoms. The van der Waals surface area contributed by atoms with Gasteiger partial charge in [-0.15, -0.1) is 0 Å². The van der Waals surface area contributed by atoms with Gasteiger partial charge in [-0.25, -0.2) is 0 Å². The van der Waals surface area contributed by atoms with Crippen molar-refractivity contribution in [3.05, 3.63) is 18.2 Å². The van der Waals surface area contributed by atoms with E-state index < -0.39 is 15.1 Å². The molecule has 26 heavy (non-hydrogen) atoms. The maximum Gasteiger partial charge on any atom is 0.174 e. The summed E-state index contributed by atoms with van der Waals surface area (Å²) < 4.78 is 21.3. The third-order valence-electron chi connectivity index (χ3n) is 5.18. The first kappa shape index (κ1) is 21.8. The van der Waals surface area contributed by atoms with Gasteiger partial charge in [-0.05, 0) is 25.2 Å². The van der Waals surface area contributed by atoms with Crippen LogP contribution in [0.1, 0.15) is 62.3 Å². The Morgan fingerprint density at radius 1 is 0.962 bits per heavy atom. The number of anilines is 1. The van der Waals surface area contributed by atoms with Crippen molar-refractivity contribution in [2.24, 2.45) is 0 Å². The van der Waals surface area contributed by atoms with Crippen molar-refractivity contribution in [1.29, 1.82) is 0 Å². The van der Waals surface area contributed by atoms with Crippen LogP contribution in [0.4, 0.5) is 5.69 Å². The van der Waals surface area contributed by atoms with E-state index in [1.165, 1.54) is 11.0 Å². The predicted octanol–water partition coefficient (Wildman–Crippen LogP) is 6.29. The summed E-state index contributed by atoms with van der Waals surface area (Å²) in [6.45, 7) is 19.5. The van der Waals surface area contributed by atoms with E-state index in [4.69, 9.17) is 4.74 Å². The Bertz CT molecular complexity index is 703. The normalized spacial score (nSPS) is 21.3. The number of rotatable bonds is 2. The second kappa shape index (κ2) is 6.52. The van der Waals surface area contributed by atoms with Crippen molar-refractivity contribution in [1.82, 2.24) is 0 Å². The highest BCUT2D eigenvalue weighted by Crippen LogP contribution is 2.80. The number of hydrogen-bond donors (Lipinski definition) is 0. The summed E-state index contributed by atoms with van der Waals surface area (Å²) in [6, 6.07) is 6.26. The molecule has 0 fully saturated rings. The molecule has 2 rings (SSSR count). The lowest BCUT2D eigenvalue weighted by molar-refractivity contribution is 0.341. The van der Waals surface area contributed by atoms with Crippen LogP contribution in [0, 0.1) is 0 Å². The minimum absolute atomic E-state index is 0.00350. The highest BCUT2D eigenvalue weighted by Gasteiger charge is 2.60. The van der Waals surface area contributed by atoms with Gasteiger partial charge in [0, 0.05) is 35.4 Å². The highest BCUT2D eigenvalue weighted by molar-refractivity contribution is 7.84. The van der Waals surface area contributed by atoms with E-state index in [-0.39, 0.29) is 21.1 Å². The molecule has 1 aromatic carbocycles. The summed E-state index contributed by atoms with van der Waals surface area (Å²) >= 11 is 0. The maximum atomic E-state index is 14.7. The van der Waals surface area contributed by atoms with Crippen molar-refractivity contribution in [2.75, 3.05) is 19.0 Å². The second-order valence-electron chi connectivity index (χ2n) is 10.5. The van der Waals surface area contributed by atoms with Crippen LogP contribution in [0.2, 0.25) is 0 Å². The zero-order valence-electron chi connectivity index (χ0n) is 18.5. The van der Waals surface area contributed by atoms with Crippen molar-refractivity contribution in [3.8, 4) is 5.75 Å². The Morgan fingerprint density at radius 3 is 1.85 bits per heavy atom. The largest absolute Gasteiger partial charge is 0.477 e. The van der Waals surface area contributed by atoms with E-state index in [9.17, 15) is 4.57 Å². The monoisotopic (exact) mass is 397 g/mol. The van der Waals surface area contributed by atoms with Crippen LogP contribution in [0.15, 0.2) is 18.2 Å². The molecule has 0 saturated carbocycles. The molecule has 148 valence electrons. The van der Waals surface area contributed by atoms with Crippen LogP contribution in [-0.2, 0) is 4.57 Å². The summed E-state index contributed by atoms with van der Waals surface area (Å²) in [6.07, 6.45) is 0. The zero-order chi connectivity index (χ0) is 20.3. The molecule has 0 radical (unpaired) electrons. The Hall–Kier alpha value is -0.520. The molecule has 1 aromatic rings. The van der Waals surface area contributed by atoms with Crippen LogP contribution in [0.5, 0.6) is 5.75 Å². The van der Waals surface area contributed by atoms with Crippen LogP contribution in [0.25, 0.3) is 0 Å². The van der Waals surface area contributed by atoms with Crippen molar-refractivity contribution >= 4 is 26.1 Å². The molecule has 3 nitrogen and oxygen atoms in total. The highest BCUT2D eigenvalue weighted by atomic mass is 31.2. The smallest absolute Gasteiger partial charge is 0.174 e. The minimum Gasteiger partial charge on any atom is -0.477 e. The molecule has 0 N–H and O–H groups in total. The van der Waals surface area contributed by atoms with Crippen LogP contribution in [0.3, 0.4) is 0 Å². The summed E-state index contributed by atoms with van der Waals surface area (Å²) in [5.74, 6) is 0.927. The molecular weight excluding hydrogens is 360 g/mol. The van der Waals surface area contributed by atoms with E-state index >= 15 is 0 Å². The first-order valence-electron chi connectivity index (χ1n) is 9.40. The Labute approximate surface area is 162 Å². The Balaban J connectivity index is 2.79. The summed E-state index contributed by atoms with van der Waals surface area (Å²) in [5, 5.41) is 0.645. The van der Waals surface area contributed by atoms with Crippen LogP contribution in [-0.4, -0.2) is 35.1 Å². The molecule has 1 heterocycles. The average Bonchev–Trinajstić information content (AvgIpc) is 2.82. The van der Waals surface area contributed by atoms with Gasteiger partial charge in [0.15, 0.2) is 5.59 Å². The van der Waals surface area contributed by atoms with Gasteiger partial charge in [0.1, 0.15) is 12.9 Å². The van der Waals surface area contributed by atoms with E-state index in [0.29, 0.717) is 0 Å². The van der Waals surface area contributed by atoms with Gasteiger partial charge in [-0.1, -0.05) is 68.4 Å². The second-order valence-corrected chi connectivity index (χ2v) is 18.4. The lowest BCUT2D eigenvalue weighted by atomic mass is 10.2. The Morgan fingerprint density at radius 2 is 1.46 bits per heavy atom. The van der Waals surface area contributed by atoms with Crippen molar-refractivity contribution in [3.63, 3.8) is 0 Å². The fourth-order valence-corrected chi connectivity index (χ4v) is 15.1. The number of benzene rings is 1. The fourth-order valence-electron chi connectivity index (χ4n) is 4.06. The molecule has 1 aliphatic heterocycles. The zero-order valence-corrected chi connectivity index (χ0v) is 20.3. The van der Waals surface area contributed by atoms with Gasteiger partial charge >= 0.3 is 0 Å². The van der Waals surface area contributed by atoms with Gasteiger partial charge in [0.2, 0.25) is 0 Å². The van der Waals surface area contributed by atoms with E-state index in [1.807, 2.05) is 6.07 Å². The SMILES string of the molecule is CN(C)c1cccc2c1[P@@](C(C)(C)C)C(P(=O)(C(C)(C)C)C(C)(C)C)O2. The van der Waals surface area contributed by atoms with Crippen molar-refractivity contribution in [2.45, 2.75) is 83.4 Å². The number of nitrogens with zero attached hydrogens (tertiary/aromatic N) is 1. The van der Waals surface area contributed by atoms with Crippen LogP contribution >= 0.6 is 15.1 Å². The first-order valence-corrected chi connectivity index (χ1v) is 12.6. The van der Waals surface area contributed by atoms with Crippen LogP contribution < -0.4 is 14.9 Å². The van der Waals surface area contributed by atoms with E-state index in [1.54, 1.807) is 0 Å². The topological polar surface area (TPSA) is 29.5 Å². The van der Waals surface area contributed by atoms with Crippen molar-refractivity contribution < 1.29 is 9.30 Å². The number of fused-ring (bicyclic) bond motifs is 1. The quantitative estimate of drug-likeness (QED) is 0.549. The third-order valence-corrected chi connectivity index (χ3v) is 14.5. The minimum atomic E-state index is -2.73. The van der Waals surface area contributed by atoms with Gasteiger partial charge < -0.3 is 14.2 Å². The lowest BCUT2D eigenvalue weighted by Crippen LogP contribution is -2.38. The molecule has 0 aromatic heterocycles. The van der Waals surface area contributed by atoms with Gasteiger partial charge in [0.05, 0.1) is 0 Å². The first-order chi connectivity index (χ1) is 11.5. The molecular formula is C21H37NO2P2. The van der Waals surface area contributed by atoms with E-state index in [2.05, 4.69) is 93.4 Å². The summed E-state index contributed by atoms with van der Waals surface area (Å²) in [7, 11) is 0.657. The molecule has 1 aliphatic rings. The molecule has 0 saturated heterocycles. The molecule has 0 amide bonds. The standard InChI is InChI=1S/C21H37NO2P2/c1-19(2,3)25-17-15(22(10)11)13-12-14-16(17)24-18(25)26(23,20(4,5)6)21(7,8)9/h12-14,18H,1-11H3/t18?,25-/m1/s1. The summed E-state index contributed by atoms with van der Waals surface area (Å²) in [4.78, 5) is 2.16. The summed E-state index contributed by atoms with van der Waals surface area (Å²) in [5.41, 5.74) is 0.953. The maximum absolute atomic E-state index is 14.7. The van der Waals surface area contributed by atoms with Gasteiger partial charge in [-0.2, -0.15) is 0 Å². The third kappa shape index (κ3) is 3.35. The van der Waals surface area contributed by atoms with Gasteiger partial charge in [0.25, 0.3) is 0 Å². The fraction of sp³-hybridized carbons (Fsp3) is 0.714. The lowest BCUT2D eigenvalue weighted by Gasteiger charge is -2.47. The van der Waals surface area contributed by atoms with Gasteiger partial charge in [-0.3, -0.25) is 0 Å². The molecule has 1 unspecified atom stereocenters. The Kier molecular flexibility index (Phi) is 5.46. The average molecular weight is 397 g/mol. The molecule has 0 aliphatic carbocycles. The molecule has 0 spiro atoms. The predicted molar refractivity (Wildman–Crippen MR) is 119 cm³/mol.